The summed E-state index contributed by atoms with van der Waals surface area (Å²) in [5.41, 5.74) is 9.08. The van der Waals surface area contributed by atoms with E-state index < -0.39 is 5.56 Å². The van der Waals surface area contributed by atoms with E-state index in [2.05, 4.69) is 15.3 Å². The molecule has 3 aromatic heterocycles. The Morgan fingerprint density at radius 1 is 1.23 bits per heavy atom. The molecule has 0 aliphatic heterocycles. The maximum absolute atomic E-state index is 12.5. The number of hydrogen-bond donors (Lipinski definition) is 1. The van der Waals surface area contributed by atoms with Crippen LogP contribution in [-0.2, 0) is 6.42 Å². The first-order valence-corrected chi connectivity index (χ1v) is 8.65. The van der Waals surface area contributed by atoms with Gasteiger partial charge < -0.3 is 5.73 Å². The molecule has 4 rings (SSSR count). The van der Waals surface area contributed by atoms with Crippen LogP contribution in [0.4, 0.5) is 0 Å². The lowest BCUT2D eigenvalue weighted by Crippen LogP contribution is -2.31. The Balaban J connectivity index is 2.08. The molecule has 0 aliphatic rings. The lowest BCUT2D eigenvalue weighted by molar-refractivity contribution is 0.891. The topological polar surface area (TPSA) is 91.1 Å². The predicted octanol–water partition coefficient (Wildman–Crippen LogP) is 2.41. The average molecular weight is 385 g/mol. The lowest BCUT2D eigenvalue weighted by Gasteiger charge is -2.05. The van der Waals surface area contributed by atoms with Crippen molar-refractivity contribution in [3.05, 3.63) is 57.6 Å². The zero-order chi connectivity index (χ0) is 18.4. The fourth-order valence-corrected chi connectivity index (χ4v) is 3.19. The summed E-state index contributed by atoms with van der Waals surface area (Å²) in [4.78, 5) is 12.5. The molecule has 3 heterocycles. The molecule has 9 heteroatoms. The number of halogens is 1. The summed E-state index contributed by atoms with van der Waals surface area (Å²) in [5, 5.41) is 13.6. The van der Waals surface area contributed by atoms with E-state index >= 15 is 0 Å². The molecule has 1 aromatic carbocycles. The van der Waals surface area contributed by atoms with Crippen molar-refractivity contribution in [1.29, 1.82) is 0 Å². The van der Waals surface area contributed by atoms with Gasteiger partial charge in [-0.25, -0.2) is 4.52 Å². The minimum Gasteiger partial charge on any atom is -0.376 e. The monoisotopic (exact) mass is 384 g/mol. The molecule has 4 aromatic rings. The minimum absolute atomic E-state index is 0.0460. The van der Waals surface area contributed by atoms with Crippen molar-refractivity contribution in [2.75, 3.05) is 0 Å². The van der Waals surface area contributed by atoms with E-state index in [4.69, 9.17) is 29.6 Å². The van der Waals surface area contributed by atoms with Gasteiger partial charge in [-0.1, -0.05) is 30.7 Å². The number of pyridine rings is 1. The van der Waals surface area contributed by atoms with Crippen LogP contribution in [0.1, 0.15) is 12.6 Å². The lowest BCUT2D eigenvalue weighted by atomic mass is 10.0. The molecule has 0 amide bonds. The van der Waals surface area contributed by atoms with Crippen molar-refractivity contribution in [1.82, 2.24) is 24.4 Å². The highest BCUT2D eigenvalue weighted by molar-refractivity contribution is 7.80. The van der Waals surface area contributed by atoms with Crippen molar-refractivity contribution < 1.29 is 0 Å². The molecule has 0 unspecified atom stereocenters. The summed E-state index contributed by atoms with van der Waals surface area (Å²) in [6.45, 7) is 2.01. The normalized spacial score (nSPS) is 11.3. The predicted molar refractivity (Wildman–Crippen MR) is 105 cm³/mol. The van der Waals surface area contributed by atoms with E-state index in [1.165, 1.54) is 6.20 Å². The molecule has 0 fully saturated rings. The summed E-state index contributed by atoms with van der Waals surface area (Å²) >= 11 is 10.9. The van der Waals surface area contributed by atoms with Gasteiger partial charge in [0.25, 0.3) is 5.56 Å². The van der Waals surface area contributed by atoms with Crippen LogP contribution in [0.25, 0.3) is 27.8 Å². The summed E-state index contributed by atoms with van der Waals surface area (Å²) < 4.78 is 2.79. The van der Waals surface area contributed by atoms with Gasteiger partial charge in [0.15, 0.2) is 16.3 Å². The van der Waals surface area contributed by atoms with Crippen molar-refractivity contribution in [3.63, 3.8) is 0 Å². The summed E-state index contributed by atoms with van der Waals surface area (Å²) in [6, 6.07) is 9.16. The van der Waals surface area contributed by atoms with Gasteiger partial charge in [-0.2, -0.15) is 5.10 Å². The number of aromatic nitrogens is 5. The summed E-state index contributed by atoms with van der Waals surface area (Å²) in [5.74, 6) is 0. The maximum atomic E-state index is 12.5. The van der Waals surface area contributed by atoms with E-state index in [0.717, 1.165) is 21.4 Å². The first kappa shape index (κ1) is 16.6. The smallest absolute Gasteiger partial charge is 0.286 e. The number of benzene rings is 1. The standard InChI is InChI=1S/C17H13ClN6OS/c1-2-11-13(9-3-5-10(18)6-4-9)15-21-20-14-12(24(15)22-11)7-8-23(16(14)25)17(19)26/h3-8H,2H2,1H3,(H2,19,26). The first-order valence-electron chi connectivity index (χ1n) is 7.86. The highest BCUT2D eigenvalue weighted by Gasteiger charge is 2.18. The summed E-state index contributed by atoms with van der Waals surface area (Å²) in [7, 11) is 0. The average Bonchev–Trinajstić information content (AvgIpc) is 3.01. The Labute approximate surface area is 158 Å². The molecule has 0 spiro atoms. The van der Waals surface area contributed by atoms with Crippen molar-refractivity contribution >= 4 is 45.6 Å². The molecule has 130 valence electrons. The number of thiocarbonyl (C=S) groups is 1. The summed E-state index contributed by atoms with van der Waals surface area (Å²) in [6.07, 6.45) is 2.22. The molecular formula is C17H13ClN6OS. The number of nitrogens with two attached hydrogens (primary N) is 1. The van der Waals surface area contributed by atoms with Crippen LogP contribution < -0.4 is 11.3 Å². The van der Waals surface area contributed by atoms with E-state index in [1.807, 2.05) is 31.2 Å². The molecule has 0 bridgehead atoms. The fourth-order valence-electron chi connectivity index (χ4n) is 2.92. The Morgan fingerprint density at radius 2 is 1.96 bits per heavy atom. The molecule has 0 saturated heterocycles. The molecular weight excluding hydrogens is 372 g/mol. The molecule has 0 atom stereocenters. The van der Waals surface area contributed by atoms with Crippen LogP contribution in [-0.4, -0.2) is 29.5 Å². The number of nitrogens with zero attached hydrogens (tertiary/aromatic N) is 5. The second-order valence-corrected chi connectivity index (χ2v) is 6.54. The molecule has 26 heavy (non-hydrogen) atoms. The first-order chi connectivity index (χ1) is 12.5. The second-order valence-electron chi connectivity index (χ2n) is 5.68. The van der Waals surface area contributed by atoms with Gasteiger partial charge >= 0.3 is 0 Å². The van der Waals surface area contributed by atoms with Crippen molar-refractivity contribution in [3.8, 4) is 11.1 Å². The van der Waals surface area contributed by atoms with Gasteiger partial charge in [-0.15, -0.1) is 10.2 Å². The number of rotatable bonds is 2. The molecule has 0 radical (unpaired) electrons. The Hall–Kier alpha value is -2.84. The van der Waals surface area contributed by atoms with E-state index in [9.17, 15) is 4.79 Å². The Bertz CT molecular complexity index is 1230. The highest BCUT2D eigenvalue weighted by atomic mass is 35.5. The van der Waals surface area contributed by atoms with Crippen molar-refractivity contribution in [2.24, 2.45) is 5.73 Å². The Kier molecular flexibility index (Phi) is 3.93. The van der Waals surface area contributed by atoms with Crippen LogP contribution in [0.5, 0.6) is 0 Å². The van der Waals surface area contributed by atoms with Crippen LogP contribution in [0.2, 0.25) is 5.02 Å². The van der Waals surface area contributed by atoms with Crippen molar-refractivity contribution in [2.45, 2.75) is 13.3 Å². The second kappa shape index (κ2) is 6.15. The third kappa shape index (κ3) is 2.46. The van der Waals surface area contributed by atoms with Gasteiger partial charge in [0.05, 0.1) is 11.3 Å². The highest BCUT2D eigenvalue weighted by Crippen LogP contribution is 2.29. The van der Waals surface area contributed by atoms with Gasteiger partial charge in [-0.05, 0) is 42.4 Å². The van der Waals surface area contributed by atoms with E-state index in [1.54, 1.807) is 10.6 Å². The molecule has 0 saturated carbocycles. The molecule has 2 N–H and O–H groups in total. The van der Waals surface area contributed by atoms with Gasteiger partial charge in [-0.3, -0.25) is 9.36 Å². The van der Waals surface area contributed by atoms with Gasteiger partial charge in [0, 0.05) is 11.2 Å². The van der Waals surface area contributed by atoms with Gasteiger partial charge in [0.1, 0.15) is 5.52 Å². The molecule has 7 nitrogen and oxygen atoms in total. The fraction of sp³-hybridized carbons (Fsp3) is 0.118. The van der Waals surface area contributed by atoms with E-state index in [0.29, 0.717) is 22.6 Å². The number of fused-ring (bicyclic) bond motifs is 3. The third-order valence-electron chi connectivity index (χ3n) is 4.16. The van der Waals surface area contributed by atoms with Gasteiger partial charge in [0.2, 0.25) is 0 Å². The SMILES string of the molecule is CCc1nn2c(nnc3c(=O)n(C(N)=S)ccc32)c1-c1ccc(Cl)cc1. The molecule has 0 aliphatic carbocycles. The maximum Gasteiger partial charge on any atom is 0.286 e. The van der Waals surface area contributed by atoms with Crippen LogP contribution in [0.15, 0.2) is 41.3 Å². The van der Waals surface area contributed by atoms with Crippen LogP contribution >= 0.6 is 23.8 Å². The Morgan fingerprint density at radius 3 is 2.62 bits per heavy atom. The van der Waals surface area contributed by atoms with Crippen LogP contribution in [0.3, 0.4) is 0 Å². The largest absolute Gasteiger partial charge is 0.376 e. The minimum atomic E-state index is -0.425. The quantitative estimate of drug-likeness (QED) is 0.534. The number of aryl methyl sites for hydroxylation is 1. The zero-order valence-corrected chi connectivity index (χ0v) is 15.3. The number of hydrogen-bond acceptors (Lipinski definition) is 5. The van der Waals surface area contributed by atoms with E-state index in [-0.39, 0.29) is 10.6 Å². The third-order valence-corrected chi connectivity index (χ3v) is 4.61. The zero-order valence-electron chi connectivity index (χ0n) is 13.7. The van der Waals surface area contributed by atoms with Crippen LogP contribution in [0, 0.1) is 0 Å².